The van der Waals surface area contributed by atoms with Gasteiger partial charge in [0.25, 0.3) is 0 Å². The van der Waals surface area contributed by atoms with Crippen molar-refractivity contribution in [2.75, 3.05) is 7.05 Å². The van der Waals surface area contributed by atoms with Gasteiger partial charge < -0.3 is 5.32 Å². The van der Waals surface area contributed by atoms with Crippen molar-refractivity contribution in [1.82, 2.24) is 20.1 Å². The van der Waals surface area contributed by atoms with Gasteiger partial charge in [-0.3, -0.25) is 0 Å². The van der Waals surface area contributed by atoms with E-state index in [2.05, 4.69) is 38.3 Å². The molecule has 0 aromatic carbocycles. The normalized spacial score (nSPS) is 11.2. The summed E-state index contributed by atoms with van der Waals surface area (Å²) in [6.07, 6.45) is 3.79. The second-order valence-corrected chi connectivity index (χ2v) is 5.00. The lowest BCUT2D eigenvalue weighted by Gasteiger charge is -2.02. The third-order valence-corrected chi connectivity index (χ3v) is 3.56. The van der Waals surface area contributed by atoms with Crippen LogP contribution in [0, 0.1) is 0 Å². The SMILES string of the molecule is CNCc1cnc2c(cnn2Cc2ccsc2)c1. The zero-order chi connectivity index (χ0) is 12.4. The standard InChI is InChI=1S/C13H14N4S/c1-14-5-11-4-12-7-16-17(13(12)15-6-11)8-10-2-3-18-9-10/h2-4,6-7,9,14H,5,8H2,1H3. The van der Waals surface area contributed by atoms with Crippen molar-refractivity contribution < 1.29 is 0 Å². The second kappa shape index (κ2) is 4.88. The van der Waals surface area contributed by atoms with Gasteiger partial charge in [0, 0.05) is 18.1 Å². The minimum atomic E-state index is 0.783. The molecule has 0 saturated heterocycles. The van der Waals surface area contributed by atoms with Gasteiger partial charge in [-0.2, -0.15) is 16.4 Å². The maximum Gasteiger partial charge on any atom is 0.158 e. The molecule has 0 saturated carbocycles. The molecular formula is C13H14N4S. The van der Waals surface area contributed by atoms with E-state index >= 15 is 0 Å². The molecule has 5 heteroatoms. The van der Waals surface area contributed by atoms with E-state index in [4.69, 9.17) is 0 Å². The summed E-state index contributed by atoms with van der Waals surface area (Å²) in [6.45, 7) is 1.62. The average molecular weight is 258 g/mol. The summed E-state index contributed by atoms with van der Waals surface area (Å²) in [5.41, 5.74) is 3.40. The number of nitrogens with one attached hydrogen (secondary N) is 1. The third-order valence-electron chi connectivity index (χ3n) is 2.83. The summed E-state index contributed by atoms with van der Waals surface area (Å²) in [7, 11) is 1.93. The molecule has 18 heavy (non-hydrogen) atoms. The molecule has 0 aliphatic carbocycles. The molecule has 0 unspecified atom stereocenters. The van der Waals surface area contributed by atoms with Crippen LogP contribution in [0.3, 0.4) is 0 Å². The maximum atomic E-state index is 4.50. The van der Waals surface area contributed by atoms with E-state index in [1.165, 1.54) is 11.1 Å². The molecule has 3 aromatic rings. The third kappa shape index (κ3) is 2.14. The Morgan fingerprint density at radius 1 is 1.33 bits per heavy atom. The van der Waals surface area contributed by atoms with Crippen LogP contribution < -0.4 is 5.32 Å². The van der Waals surface area contributed by atoms with E-state index in [9.17, 15) is 0 Å². The van der Waals surface area contributed by atoms with Gasteiger partial charge in [-0.15, -0.1) is 0 Å². The lowest BCUT2D eigenvalue weighted by atomic mass is 10.2. The van der Waals surface area contributed by atoms with Crippen molar-refractivity contribution in [3.8, 4) is 0 Å². The zero-order valence-electron chi connectivity index (χ0n) is 10.1. The molecular weight excluding hydrogens is 244 g/mol. The van der Waals surface area contributed by atoms with Crippen LogP contribution in [-0.2, 0) is 13.1 Å². The molecule has 0 atom stereocenters. The van der Waals surface area contributed by atoms with Crippen LogP contribution in [-0.4, -0.2) is 21.8 Å². The average Bonchev–Trinajstić information content (AvgIpc) is 3.00. The van der Waals surface area contributed by atoms with E-state index in [0.29, 0.717) is 0 Å². The van der Waals surface area contributed by atoms with Crippen molar-refractivity contribution in [2.45, 2.75) is 13.1 Å². The number of fused-ring (bicyclic) bond motifs is 1. The van der Waals surface area contributed by atoms with E-state index in [0.717, 1.165) is 24.1 Å². The van der Waals surface area contributed by atoms with Crippen LogP contribution >= 0.6 is 11.3 Å². The monoisotopic (exact) mass is 258 g/mol. The Morgan fingerprint density at radius 2 is 2.28 bits per heavy atom. The minimum Gasteiger partial charge on any atom is -0.316 e. The molecule has 0 spiro atoms. The molecule has 92 valence electrons. The molecule has 3 rings (SSSR count). The van der Waals surface area contributed by atoms with Crippen LogP contribution in [0.2, 0.25) is 0 Å². The zero-order valence-corrected chi connectivity index (χ0v) is 10.9. The van der Waals surface area contributed by atoms with Gasteiger partial charge in [0.2, 0.25) is 0 Å². The Kier molecular flexibility index (Phi) is 3.08. The topological polar surface area (TPSA) is 42.7 Å². The lowest BCUT2D eigenvalue weighted by molar-refractivity contribution is 0.705. The van der Waals surface area contributed by atoms with Gasteiger partial charge in [-0.1, -0.05) is 0 Å². The first-order chi connectivity index (χ1) is 8.86. The van der Waals surface area contributed by atoms with Crippen molar-refractivity contribution >= 4 is 22.4 Å². The molecule has 0 aliphatic heterocycles. The fourth-order valence-electron chi connectivity index (χ4n) is 1.99. The van der Waals surface area contributed by atoms with E-state index < -0.39 is 0 Å². The van der Waals surface area contributed by atoms with E-state index in [1.54, 1.807) is 11.3 Å². The highest BCUT2D eigenvalue weighted by Crippen LogP contribution is 2.15. The second-order valence-electron chi connectivity index (χ2n) is 4.22. The minimum absolute atomic E-state index is 0.783. The Labute approximate surface area is 109 Å². The highest BCUT2D eigenvalue weighted by atomic mass is 32.1. The number of thiophene rings is 1. The maximum absolute atomic E-state index is 4.50. The Balaban J connectivity index is 1.94. The van der Waals surface area contributed by atoms with Gasteiger partial charge in [-0.05, 0) is 41.1 Å². The molecule has 0 radical (unpaired) electrons. The van der Waals surface area contributed by atoms with Crippen LogP contribution in [0.15, 0.2) is 35.3 Å². The van der Waals surface area contributed by atoms with Crippen LogP contribution in [0.1, 0.15) is 11.1 Å². The highest BCUT2D eigenvalue weighted by molar-refractivity contribution is 7.07. The largest absolute Gasteiger partial charge is 0.316 e. The van der Waals surface area contributed by atoms with Crippen molar-refractivity contribution in [1.29, 1.82) is 0 Å². The smallest absolute Gasteiger partial charge is 0.158 e. The van der Waals surface area contributed by atoms with E-state index in [1.807, 2.05) is 24.1 Å². The summed E-state index contributed by atoms with van der Waals surface area (Å²) < 4.78 is 1.94. The summed E-state index contributed by atoms with van der Waals surface area (Å²) in [5, 5.41) is 12.9. The van der Waals surface area contributed by atoms with E-state index in [-0.39, 0.29) is 0 Å². The molecule has 0 bridgehead atoms. The lowest BCUT2D eigenvalue weighted by Crippen LogP contribution is -2.06. The molecule has 3 heterocycles. The number of hydrogen-bond donors (Lipinski definition) is 1. The van der Waals surface area contributed by atoms with Crippen LogP contribution in [0.4, 0.5) is 0 Å². The first kappa shape index (κ1) is 11.4. The van der Waals surface area contributed by atoms with Gasteiger partial charge in [0.05, 0.1) is 12.7 Å². The predicted molar refractivity (Wildman–Crippen MR) is 73.7 cm³/mol. The summed E-state index contributed by atoms with van der Waals surface area (Å²) in [4.78, 5) is 4.50. The van der Waals surface area contributed by atoms with Crippen LogP contribution in [0.25, 0.3) is 11.0 Å². The molecule has 0 fully saturated rings. The van der Waals surface area contributed by atoms with Gasteiger partial charge >= 0.3 is 0 Å². The number of aromatic nitrogens is 3. The van der Waals surface area contributed by atoms with Gasteiger partial charge in [-0.25, -0.2) is 9.67 Å². The Bertz CT molecular complexity index is 642. The highest BCUT2D eigenvalue weighted by Gasteiger charge is 2.05. The molecule has 0 aliphatic rings. The summed E-state index contributed by atoms with van der Waals surface area (Å²) in [6, 6.07) is 4.25. The fraction of sp³-hybridized carbons (Fsp3) is 0.231. The van der Waals surface area contributed by atoms with Gasteiger partial charge in [0.1, 0.15) is 0 Å². The Hall–Kier alpha value is -1.72. The van der Waals surface area contributed by atoms with Gasteiger partial charge in [0.15, 0.2) is 5.65 Å². The first-order valence-electron chi connectivity index (χ1n) is 5.83. The molecule has 0 amide bonds. The summed E-state index contributed by atoms with van der Waals surface area (Å²) in [5.74, 6) is 0. The Morgan fingerprint density at radius 3 is 3.06 bits per heavy atom. The summed E-state index contributed by atoms with van der Waals surface area (Å²) >= 11 is 1.71. The van der Waals surface area contributed by atoms with Crippen molar-refractivity contribution in [2.24, 2.45) is 0 Å². The number of pyridine rings is 1. The molecule has 1 N–H and O–H groups in total. The van der Waals surface area contributed by atoms with Crippen LogP contribution in [0.5, 0.6) is 0 Å². The van der Waals surface area contributed by atoms with Crippen molar-refractivity contribution in [3.05, 3.63) is 46.4 Å². The molecule has 4 nitrogen and oxygen atoms in total. The quantitative estimate of drug-likeness (QED) is 0.780. The number of rotatable bonds is 4. The fourth-order valence-corrected chi connectivity index (χ4v) is 2.65. The number of hydrogen-bond acceptors (Lipinski definition) is 4. The predicted octanol–water partition coefficient (Wildman–Crippen LogP) is 2.26. The molecule has 3 aromatic heterocycles. The first-order valence-corrected chi connectivity index (χ1v) is 6.77. The number of nitrogens with zero attached hydrogens (tertiary/aromatic N) is 3. The van der Waals surface area contributed by atoms with Crippen molar-refractivity contribution in [3.63, 3.8) is 0 Å².